The number of nitrogens with zero attached hydrogens (tertiary/aromatic N) is 1. The lowest BCUT2D eigenvalue weighted by molar-refractivity contribution is 0.442. The molecule has 1 heterocycles. The van der Waals surface area contributed by atoms with Crippen molar-refractivity contribution < 1.29 is 0 Å². The summed E-state index contributed by atoms with van der Waals surface area (Å²) in [6.07, 6.45) is 7.84. The maximum absolute atomic E-state index is 4.94. The van der Waals surface area contributed by atoms with E-state index in [4.69, 9.17) is 4.98 Å². The molecular weight excluding hydrogens is 389 g/mol. The zero-order valence-electron chi connectivity index (χ0n) is 12.8. The molecule has 0 bridgehead atoms. The van der Waals surface area contributed by atoms with Crippen LogP contribution in [0.1, 0.15) is 65.4 Å². The highest BCUT2D eigenvalue weighted by atomic mass is 127. The van der Waals surface area contributed by atoms with E-state index in [-0.39, 0.29) is 0 Å². The van der Waals surface area contributed by atoms with Crippen LogP contribution in [-0.2, 0) is 6.42 Å². The topological polar surface area (TPSA) is 12.9 Å². The molecule has 0 amide bonds. The van der Waals surface area contributed by atoms with Crippen LogP contribution in [0.25, 0.3) is 0 Å². The second-order valence-corrected chi connectivity index (χ2v) is 8.27. The summed E-state index contributed by atoms with van der Waals surface area (Å²) in [5, 5.41) is 3.65. The van der Waals surface area contributed by atoms with Crippen LogP contribution < -0.4 is 0 Å². The van der Waals surface area contributed by atoms with E-state index in [1.807, 2.05) is 11.3 Å². The summed E-state index contributed by atoms with van der Waals surface area (Å²) in [6, 6.07) is 4.62. The van der Waals surface area contributed by atoms with E-state index in [9.17, 15) is 0 Å². The Balaban J connectivity index is 1.76. The van der Waals surface area contributed by atoms with Gasteiger partial charge in [-0.15, -0.1) is 11.3 Å². The number of aryl methyl sites for hydroxylation is 2. The highest BCUT2D eigenvalue weighted by molar-refractivity contribution is 14.1. The van der Waals surface area contributed by atoms with Crippen LogP contribution in [-0.4, -0.2) is 4.98 Å². The standard InChI is InChI=1S/C18H22INS/c1-12-9-17(19)13(2)8-15(12)10-16-11-21-18(20-16)14-6-4-3-5-7-14/h8-9,11,14H,3-7,10H2,1-2H3. The van der Waals surface area contributed by atoms with E-state index in [0.29, 0.717) is 0 Å². The largest absolute Gasteiger partial charge is 0.246 e. The molecule has 21 heavy (non-hydrogen) atoms. The average molecular weight is 411 g/mol. The smallest absolute Gasteiger partial charge is 0.0959 e. The van der Waals surface area contributed by atoms with E-state index in [1.54, 1.807) is 0 Å². The first kappa shape index (κ1) is 15.5. The fraction of sp³-hybridized carbons (Fsp3) is 0.500. The molecule has 1 aliphatic rings. The van der Waals surface area contributed by atoms with Crippen LogP contribution in [0.15, 0.2) is 17.5 Å². The molecule has 1 saturated carbocycles. The first-order valence-corrected chi connectivity index (χ1v) is 9.79. The monoisotopic (exact) mass is 411 g/mol. The summed E-state index contributed by atoms with van der Waals surface area (Å²) in [7, 11) is 0. The van der Waals surface area contributed by atoms with Gasteiger partial charge in [-0.25, -0.2) is 4.98 Å². The minimum Gasteiger partial charge on any atom is -0.246 e. The molecule has 0 aliphatic heterocycles. The molecule has 1 aliphatic carbocycles. The van der Waals surface area contributed by atoms with Crippen molar-refractivity contribution in [2.24, 2.45) is 0 Å². The van der Waals surface area contributed by atoms with Crippen molar-refractivity contribution in [2.75, 3.05) is 0 Å². The maximum atomic E-state index is 4.94. The molecule has 1 fully saturated rings. The van der Waals surface area contributed by atoms with Crippen LogP contribution in [0.5, 0.6) is 0 Å². The minimum atomic E-state index is 0.733. The van der Waals surface area contributed by atoms with Gasteiger partial charge >= 0.3 is 0 Å². The summed E-state index contributed by atoms with van der Waals surface area (Å²) < 4.78 is 1.36. The molecule has 2 aromatic rings. The van der Waals surface area contributed by atoms with Gasteiger partial charge in [0.15, 0.2) is 0 Å². The Bertz CT molecular complexity index is 626. The third kappa shape index (κ3) is 3.67. The van der Waals surface area contributed by atoms with Crippen molar-refractivity contribution in [3.8, 4) is 0 Å². The zero-order chi connectivity index (χ0) is 14.8. The van der Waals surface area contributed by atoms with Gasteiger partial charge in [0, 0.05) is 21.3 Å². The second kappa shape index (κ2) is 6.78. The van der Waals surface area contributed by atoms with E-state index in [0.717, 1.165) is 12.3 Å². The average Bonchev–Trinajstić information content (AvgIpc) is 2.94. The van der Waals surface area contributed by atoms with E-state index in [2.05, 4.69) is 54.0 Å². The molecular formula is C18H22INS. The van der Waals surface area contributed by atoms with Crippen molar-refractivity contribution in [2.45, 2.75) is 58.3 Å². The Kier molecular flexibility index (Phi) is 4.99. The molecule has 1 aromatic carbocycles. The van der Waals surface area contributed by atoms with Crippen LogP contribution in [0.4, 0.5) is 0 Å². The highest BCUT2D eigenvalue weighted by Crippen LogP contribution is 2.34. The van der Waals surface area contributed by atoms with Crippen LogP contribution in [0, 0.1) is 17.4 Å². The fourth-order valence-corrected chi connectivity index (χ4v) is 4.78. The van der Waals surface area contributed by atoms with Gasteiger partial charge in [-0.3, -0.25) is 0 Å². The molecule has 0 unspecified atom stereocenters. The number of benzene rings is 1. The predicted octanol–water partition coefficient (Wildman–Crippen LogP) is 6.00. The van der Waals surface area contributed by atoms with Gasteiger partial charge in [0.05, 0.1) is 10.7 Å². The third-order valence-electron chi connectivity index (χ3n) is 4.51. The molecule has 1 nitrogen and oxygen atoms in total. The van der Waals surface area contributed by atoms with Gasteiger partial charge in [-0.2, -0.15) is 0 Å². The lowest BCUT2D eigenvalue weighted by atomic mass is 9.90. The van der Waals surface area contributed by atoms with Crippen molar-refractivity contribution in [1.82, 2.24) is 4.98 Å². The summed E-state index contributed by atoms with van der Waals surface area (Å²) in [5.41, 5.74) is 5.44. The Hall–Kier alpha value is -0.420. The van der Waals surface area contributed by atoms with Gasteiger partial charge < -0.3 is 0 Å². The summed E-state index contributed by atoms with van der Waals surface area (Å²) >= 11 is 4.29. The van der Waals surface area contributed by atoms with Crippen molar-refractivity contribution in [1.29, 1.82) is 0 Å². The van der Waals surface area contributed by atoms with Gasteiger partial charge in [0.2, 0.25) is 0 Å². The molecule has 3 heteroatoms. The Morgan fingerprint density at radius 1 is 1.14 bits per heavy atom. The molecule has 0 N–H and O–H groups in total. The van der Waals surface area contributed by atoms with E-state index >= 15 is 0 Å². The highest BCUT2D eigenvalue weighted by Gasteiger charge is 2.18. The number of thiazole rings is 1. The molecule has 3 rings (SSSR count). The van der Waals surface area contributed by atoms with Crippen molar-refractivity contribution in [3.63, 3.8) is 0 Å². The SMILES string of the molecule is Cc1cc(Cc2csc(C3CCCCC3)n2)c(C)cc1I. The Morgan fingerprint density at radius 2 is 1.90 bits per heavy atom. The molecule has 0 saturated heterocycles. The Morgan fingerprint density at radius 3 is 2.67 bits per heavy atom. The normalized spacial score (nSPS) is 16.3. The number of halogens is 1. The van der Waals surface area contributed by atoms with Gasteiger partial charge in [0.25, 0.3) is 0 Å². The number of hydrogen-bond acceptors (Lipinski definition) is 2. The lowest BCUT2D eigenvalue weighted by Gasteiger charge is -2.18. The summed E-state index contributed by atoms with van der Waals surface area (Å²) in [5.74, 6) is 0.733. The third-order valence-corrected chi connectivity index (χ3v) is 6.73. The maximum Gasteiger partial charge on any atom is 0.0959 e. The second-order valence-electron chi connectivity index (χ2n) is 6.22. The lowest BCUT2D eigenvalue weighted by Crippen LogP contribution is -2.04. The zero-order valence-corrected chi connectivity index (χ0v) is 15.8. The van der Waals surface area contributed by atoms with Crippen LogP contribution in [0.3, 0.4) is 0 Å². The van der Waals surface area contributed by atoms with Gasteiger partial charge in [0.1, 0.15) is 0 Å². The van der Waals surface area contributed by atoms with Gasteiger partial charge in [-0.05, 0) is 72.0 Å². The molecule has 1 aromatic heterocycles. The predicted molar refractivity (Wildman–Crippen MR) is 99.4 cm³/mol. The summed E-state index contributed by atoms with van der Waals surface area (Å²) in [4.78, 5) is 4.94. The quantitative estimate of drug-likeness (QED) is 0.565. The van der Waals surface area contributed by atoms with Crippen LogP contribution >= 0.6 is 33.9 Å². The van der Waals surface area contributed by atoms with E-state index in [1.165, 1.54) is 63.1 Å². The Labute approximate surface area is 145 Å². The summed E-state index contributed by atoms with van der Waals surface area (Å²) in [6.45, 7) is 4.41. The van der Waals surface area contributed by atoms with Crippen LogP contribution in [0.2, 0.25) is 0 Å². The first-order valence-electron chi connectivity index (χ1n) is 7.83. The number of rotatable bonds is 3. The van der Waals surface area contributed by atoms with Crippen molar-refractivity contribution >= 4 is 33.9 Å². The molecule has 0 radical (unpaired) electrons. The molecule has 112 valence electrons. The number of hydrogen-bond donors (Lipinski definition) is 0. The van der Waals surface area contributed by atoms with E-state index < -0.39 is 0 Å². The fourth-order valence-electron chi connectivity index (χ4n) is 3.17. The van der Waals surface area contributed by atoms with Gasteiger partial charge in [-0.1, -0.05) is 25.3 Å². The first-order chi connectivity index (χ1) is 10.1. The minimum absolute atomic E-state index is 0.733. The molecule has 0 spiro atoms. The molecule has 0 atom stereocenters. The number of aromatic nitrogens is 1. The van der Waals surface area contributed by atoms with Crippen molar-refractivity contribution in [3.05, 3.63) is 48.5 Å².